The van der Waals surface area contributed by atoms with E-state index in [1.165, 1.54) is 0 Å². The first-order valence-electron chi connectivity index (χ1n) is 3.33. The monoisotopic (exact) mass is 203 g/mol. The Bertz CT molecular complexity index is 165. The first-order chi connectivity index (χ1) is 5.02. The molecule has 0 radical (unpaired) electrons. The predicted octanol–water partition coefficient (Wildman–Crippen LogP) is 1.15. The van der Waals surface area contributed by atoms with Crippen molar-refractivity contribution >= 4 is 18.2 Å². The lowest BCUT2D eigenvalue weighted by atomic mass is 10.0. The van der Waals surface area contributed by atoms with Gasteiger partial charge >= 0.3 is 6.18 Å². The van der Waals surface area contributed by atoms with Crippen molar-refractivity contribution in [3.63, 3.8) is 0 Å². The van der Waals surface area contributed by atoms with Crippen LogP contribution in [0.2, 0.25) is 0 Å². The molecule has 1 N–H and O–H groups in total. The van der Waals surface area contributed by atoms with Gasteiger partial charge in [-0.2, -0.15) is 13.2 Å². The van der Waals surface area contributed by atoms with Crippen molar-refractivity contribution in [3.8, 4) is 0 Å². The molecule has 72 valence electrons. The molecule has 1 fully saturated rings. The highest BCUT2D eigenvalue weighted by Crippen LogP contribution is 2.23. The van der Waals surface area contributed by atoms with Crippen molar-refractivity contribution in [2.75, 3.05) is 13.1 Å². The van der Waals surface area contributed by atoms with Gasteiger partial charge < -0.3 is 5.32 Å². The van der Waals surface area contributed by atoms with E-state index in [2.05, 4.69) is 5.32 Å². The molecule has 0 aromatic carbocycles. The number of carbonyl (C=O) groups excluding carboxylic acids is 1. The summed E-state index contributed by atoms with van der Waals surface area (Å²) in [5.74, 6) is -2.45. The van der Waals surface area contributed by atoms with Gasteiger partial charge in [0.15, 0.2) is 0 Å². The Labute approximate surface area is 73.9 Å². The third kappa shape index (κ3) is 2.64. The zero-order chi connectivity index (χ0) is 8.48. The van der Waals surface area contributed by atoms with Gasteiger partial charge in [0.05, 0.1) is 0 Å². The highest BCUT2D eigenvalue weighted by molar-refractivity contribution is 5.86. The van der Waals surface area contributed by atoms with E-state index in [-0.39, 0.29) is 19.0 Å². The maximum absolute atomic E-state index is 11.7. The Morgan fingerprint density at radius 2 is 2.00 bits per heavy atom. The first kappa shape index (κ1) is 11.7. The summed E-state index contributed by atoms with van der Waals surface area (Å²) in [7, 11) is 0. The molecule has 2 nitrogen and oxygen atoms in total. The van der Waals surface area contributed by atoms with E-state index in [1.807, 2.05) is 0 Å². The number of hydrogen-bond donors (Lipinski definition) is 1. The van der Waals surface area contributed by atoms with Crippen molar-refractivity contribution in [3.05, 3.63) is 0 Å². The van der Waals surface area contributed by atoms with Gasteiger partial charge in [-0.1, -0.05) is 0 Å². The van der Waals surface area contributed by atoms with Crippen LogP contribution in [-0.2, 0) is 4.79 Å². The molecule has 0 amide bonds. The van der Waals surface area contributed by atoms with E-state index in [1.54, 1.807) is 0 Å². The van der Waals surface area contributed by atoms with Crippen molar-refractivity contribution in [1.82, 2.24) is 5.32 Å². The van der Waals surface area contributed by atoms with Gasteiger partial charge in [-0.15, -0.1) is 12.4 Å². The second kappa shape index (κ2) is 4.09. The molecule has 0 aliphatic carbocycles. The number of nitrogens with one attached hydrogen (secondary N) is 1. The van der Waals surface area contributed by atoms with Crippen molar-refractivity contribution in [2.45, 2.75) is 12.6 Å². The van der Waals surface area contributed by atoms with Crippen LogP contribution in [0.1, 0.15) is 6.42 Å². The van der Waals surface area contributed by atoms with E-state index >= 15 is 0 Å². The lowest BCUT2D eigenvalue weighted by Crippen LogP contribution is -2.31. The van der Waals surface area contributed by atoms with E-state index in [0.717, 1.165) is 0 Å². The van der Waals surface area contributed by atoms with Crippen LogP contribution in [0.25, 0.3) is 0 Å². The lowest BCUT2D eigenvalue weighted by molar-refractivity contribution is -0.174. The van der Waals surface area contributed by atoms with Crippen LogP contribution < -0.4 is 5.32 Å². The molecule has 12 heavy (non-hydrogen) atoms. The molecule has 1 aliphatic rings. The molecule has 0 spiro atoms. The minimum atomic E-state index is -4.66. The van der Waals surface area contributed by atoms with Crippen LogP contribution in [0.15, 0.2) is 0 Å². The van der Waals surface area contributed by atoms with Crippen LogP contribution in [0, 0.1) is 5.92 Å². The molecule has 0 saturated carbocycles. The average molecular weight is 204 g/mol. The summed E-state index contributed by atoms with van der Waals surface area (Å²) in [6.07, 6.45) is -4.35. The molecular formula is C6H9ClF3NO. The third-order valence-electron chi connectivity index (χ3n) is 1.71. The quantitative estimate of drug-likeness (QED) is 0.693. The molecule has 6 heteroatoms. The van der Waals surface area contributed by atoms with Crippen LogP contribution in [-0.4, -0.2) is 25.0 Å². The number of rotatable bonds is 1. The predicted molar refractivity (Wildman–Crippen MR) is 39.3 cm³/mol. The van der Waals surface area contributed by atoms with E-state index < -0.39 is 17.9 Å². The molecular weight excluding hydrogens is 195 g/mol. The smallest absolute Gasteiger partial charge is 0.316 e. The minimum Gasteiger partial charge on any atom is -0.316 e. The number of hydrogen-bond acceptors (Lipinski definition) is 2. The highest BCUT2D eigenvalue weighted by Gasteiger charge is 2.43. The molecule has 0 aromatic heterocycles. The summed E-state index contributed by atoms with van der Waals surface area (Å²) in [6.45, 7) is 0.671. The normalized spacial score (nSPS) is 23.4. The Morgan fingerprint density at radius 1 is 1.42 bits per heavy atom. The second-order valence-electron chi connectivity index (χ2n) is 2.55. The molecule has 0 aromatic rings. The van der Waals surface area contributed by atoms with E-state index in [4.69, 9.17) is 0 Å². The Hall–Kier alpha value is -0.290. The Kier molecular flexibility index (Phi) is 3.99. The van der Waals surface area contributed by atoms with Gasteiger partial charge in [0.25, 0.3) is 0 Å². The van der Waals surface area contributed by atoms with Crippen LogP contribution in [0.4, 0.5) is 13.2 Å². The standard InChI is InChI=1S/C6H8F3NO.ClH/c7-6(8,9)5(11)4-1-2-10-3-4;/h4,10H,1-3H2;1H. The third-order valence-corrected chi connectivity index (χ3v) is 1.71. The van der Waals surface area contributed by atoms with Gasteiger partial charge in [-0.05, 0) is 13.0 Å². The molecule has 1 saturated heterocycles. The summed E-state index contributed by atoms with van der Waals surface area (Å²) in [5.41, 5.74) is 0. The van der Waals surface area contributed by atoms with E-state index in [0.29, 0.717) is 13.0 Å². The van der Waals surface area contributed by atoms with E-state index in [9.17, 15) is 18.0 Å². The topological polar surface area (TPSA) is 29.1 Å². The Morgan fingerprint density at radius 3 is 2.33 bits per heavy atom. The lowest BCUT2D eigenvalue weighted by Gasteiger charge is -2.09. The number of ketones is 1. The molecule has 1 unspecified atom stereocenters. The zero-order valence-corrected chi connectivity index (χ0v) is 6.97. The highest BCUT2D eigenvalue weighted by atomic mass is 35.5. The summed E-state index contributed by atoms with van der Waals surface area (Å²) in [4.78, 5) is 10.5. The summed E-state index contributed by atoms with van der Waals surface area (Å²) < 4.78 is 35.2. The summed E-state index contributed by atoms with van der Waals surface area (Å²) in [6, 6.07) is 0. The molecule has 1 aliphatic heterocycles. The van der Waals surface area contributed by atoms with Gasteiger partial charge in [0, 0.05) is 12.5 Å². The van der Waals surface area contributed by atoms with Crippen molar-refractivity contribution < 1.29 is 18.0 Å². The van der Waals surface area contributed by atoms with Crippen LogP contribution in [0.5, 0.6) is 0 Å². The van der Waals surface area contributed by atoms with Gasteiger partial charge in [0.1, 0.15) is 0 Å². The number of Topliss-reactive ketones (excluding diaryl/α,β-unsaturated/α-hetero) is 1. The van der Waals surface area contributed by atoms with Crippen molar-refractivity contribution in [1.29, 1.82) is 0 Å². The fraction of sp³-hybridized carbons (Fsp3) is 0.833. The number of alkyl halides is 3. The maximum Gasteiger partial charge on any atom is 0.450 e. The molecule has 0 bridgehead atoms. The van der Waals surface area contributed by atoms with Crippen LogP contribution >= 0.6 is 12.4 Å². The first-order valence-corrected chi connectivity index (χ1v) is 3.33. The molecule has 1 rings (SSSR count). The van der Waals surface area contributed by atoms with Gasteiger partial charge in [-0.3, -0.25) is 4.79 Å². The largest absolute Gasteiger partial charge is 0.450 e. The van der Waals surface area contributed by atoms with Crippen molar-refractivity contribution in [2.24, 2.45) is 5.92 Å². The zero-order valence-electron chi connectivity index (χ0n) is 6.15. The average Bonchev–Trinajstić information content (AvgIpc) is 2.34. The summed E-state index contributed by atoms with van der Waals surface area (Å²) >= 11 is 0. The second-order valence-corrected chi connectivity index (χ2v) is 2.55. The van der Waals surface area contributed by atoms with Gasteiger partial charge in [-0.25, -0.2) is 0 Å². The maximum atomic E-state index is 11.7. The fourth-order valence-electron chi connectivity index (χ4n) is 1.11. The number of halogens is 4. The minimum absolute atomic E-state index is 0. The summed E-state index contributed by atoms with van der Waals surface area (Å²) in [5, 5.41) is 2.70. The molecule has 1 heterocycles. The molecule has 1 atom stereocenters. The van der Waals surface area contributed by atoms with Crippen LogP contribution in [0.3, 0.4) is 0 Å². The fourth-order valence-corrected chi connectivity index (χ4v) is 1.11. The SMILES string of the molecule is Cl.O=C(C1CCNC1)C(F)(F)F. The number of carbonyl (C=O) groups is 1. The van der Waals surface area contributed by atoms with Gasteiger partial charge in [0.2, 0.25) is 5.78 Å². The Balaban J connectivity index is 0.00000121.